The number of rotatable bonds is 6. The Morgan fingerprint density at radius 1 is 1.03 bits per heavy atom. The van der Waals surface area contributed by atoms with Gasteiger partial charge in [-0.25, -0.2) is 4.90 Å². The molecular formula is C20H17N3O8. The van der Waals surface area contributed by atoms with Gasteiger partial charge in [-0.3, -0.25) is 19.7 Å². The van der Waals surface area contributed by atoms with E-state index in [1.807, 2.05) is 0 Å². The second-order valence-corrected chi connectivity index (χ2v) is 6.65. The SMILES string of the molecule is COc1ccc([N+](=O)[O-])cc1N1C(=O)[C@@H]2C(c3cccc(OC)c3OC)=NO[C@@H]2C1=O. The van der Waals surface area contributed by atoms with Gasteiger partial charge in [0.15, 0.2) is 11.5 Å². The zero-order valence-corrected chi connectivity index (χ0v) is 16.7. The van der Waals surface area contributed by atoms with E-state index in [0.717, 1.165) is 11.0 Å². The number of anilines is 1. The van der Waals surface area contributed by atoms with Gasteiger partial charge in [0.2, 0.25) is 12.0 Å². The Bertz CT molecular complexity index is 1130. The molecule has 2 aromatic rings. The number of carbonyl (C=O) groups is 2. The van der Waals surface area contributed by atoms with Crippen molar-refractivity contribution in [2.75, 3.05) is 26.2 Å². The summed E-state index contributed by atoms with van der Waals surface area (Å²) in [6.07, 6.45) is -1.21. The first-order chi connectivity index (χ1) is 14.9. The summed E-state index contributed by atoms with van der Waals surface area (Å²) in [7, 11) is 4.25. The number of hydrogen-bond acceptors (Lipinski definition) is 9. The molecule has 2 aromatic carbocycles. The van der Waals surface area contributed by atoms with Gasteiger partial charge >= 0.3 is 0 Å². The highest BCUT2D eigenvalue weighted by Crippen LogP contribution is 2.42. The van der Waals surface area contributed by atoms with Gasteiger partial charge in [0, 0.05) is 17.7 Å². The number of amides is 2. The highest BCUT2D eigenvalue weighted by atomic mass is 16.7. The van der Waals surface area contributed by atoms with Crippen LogP contribution in [0.4, 0.5) is 11.4 Å². The number of oxime groups is 1. The predicted octanol–water partition coefficient (Wildman–Crippen LogP) is 1.91. The molecule has 31 heavy (non-hydrogen) atoms. The molecule has 1 saturated heterocycles. The summed E-state index contributed by atoms with van der Waals surface area (Å²) in [4.78, 5) is 43.1. The standard InChI is InChI=1S/C20H17N3O8/c1-28-13-8-7-10(23(26)27)9-12(13)22-19(24)15-16(21-31-18(15)20(22)25)11-5-4-6-14(29-2)17(11)30-3/h4-9,15,18H,1-3H3/t15-,18+/m1/s1. The number of ether oxygens (including phenoxy) is 3. The summed E-state index contributed by atoms with van der Waals surface area (Å²) in [6.45, 7) is 0. The van der Waals surface area contributed by atoms with Gasteiger partial charge in [0.1, 0.15) is 23.1 Å². The van der Waals surface area contributed by atoms with E-state index in [1.54, 1.807) is 18.2 Å². The minimum absolute atomic E-state index is 0.0401. The monoisotopic (exact) mass is 427 g/mol. The average molecular weight is 427 g/mol. The van der Waals surface area contributed by atoms with Crippen LogP contribution in [0.1, 0.15) is 5.56 Å². The molecule has 0 unspecified atom stereocenters. The van der Waals surface area contributed by atoms with Crippen molar-refractivity contribution in [2.45, 2.75) is 6.10 Å². The van der Waals surface area contributed by atoms with Crippen LogP contribution in [0.25, 0.3) is 0 Å². The fraction of sp³-hybridized carbons (Fsp3) is 0.250. The molecule has 2 aliphatic rings. The highest BCUT2D eigenvalue weighted by Gasteiger charge is 2.57. The largest absolute Gasteiger partial charge is 0.495 e. The van der Waals surface area contributed by atoms with Crippen LogP contribution in [0, 0.1) is 16.0 Å². The number of methoxy groups -OCH3 is 3. The lowest BCUT2D eigenvalue weighted by Gasteiger charge is -2.18. The molecule has 0 saturated carbocycles. The fourth-order valence-corrected chi connectivity index (χ4v) is 3.69. The zero-order chi connectivity index (χ0) is 22.3. The summed E-state index contributed by atoms with van der Waals surface area (Å²) < 4.78 is 15.9. The molecule has 11 nitrogen and oxygen atoms in total. The molecule has 0 bridgehead atoms. The summed E-state index contributed by atoms with van der Waals surface area (Å²) in [5.74, 6) is -1.52. The molecule has 11 heteroatoms. The number of nitrogens with zero attached hydrogens (tertiary/aromatic N) is 3. The van der Waals surface area contributed by atoms with E-state index in [1.165, 1.54) is 33.5 Å². The topological polar surface area (TPSA) is 130 Å². The van der Waals surface area contributed by atoms with Crippen molar-refractivity contribution in [2.24, 2.45) is 11.1 Å². The first kappa shape index (κ1) is 20.1. The van der Waals surface area contributed by atoms with Gasteiger partial charge in [0.25, 0.3) is 11.6 Å². The third-order valence-electron chi connectivity index (χ3n) is 5.11. The van der Waals surface area contributed by atoms with Crippen molar-refractivity contribution >= 4 is 28.9 Å². The third kappa shape index (κ3) is 3.01. The molecule has 0 radical (unpaired) electrons. The van der Waals surface area contributed by atoms with E-state index in [-0.39, 0.29) is 22.8 Å². The first-order valence-corrected chi connectivity index (χ1v) is 9.08. The van der Waals surface area contributed by atoms with E-state index in [2.05, 4.69) is 5.16 Å². The maximum absolute atomic E-state index is 13.3. The minimum atomic E-state index is -1.21. The van der Waals surface area contributed by atoms with Crippen LogP contribution in [0.3, 0.4) is 0 Å². The molecule has 2 atom stereocenters. The van der Waals surface area contributed by atoms with E-state index in [0.29, 0.717) is 17.1 Å². The smallest absolute Gasteiger partial charge is 0.279 e. The summed E-state index contributed by atoms with van der Waals surface area (Å²) in [6, 6.07) is 8.69. The van der Waals surface area contributed by atoms with Crippen molar-refractivity contribution < 1.29 is 33.6 Å². The third-order valence-corrected chi connectivity index (χ3v) is 5.11. The number of fused-ring (bicyclic) bond motifs is 1. The fourth-order valence-electron chi connectivity index (χ4n) is 3.69. The van der Waals surface area contributed by atoms with Crippen molar-refractivity contribution in [3.05, 3.63) is 52.1 Å². The van der Waals surface area contributed by atoms with Crippen LogP contribution in [-0.4, -0.2) is 49.9 Å². The number of non-ortho nitro benzene ring substituents is 1. The summed E-state index contributed by atoms with van der Waals surface area (Å²) in [5, 5.41) is 15.2. The Hall–Kier alpha value is -4.15. The van der Waals surface area contributed by atoms with Crippen molar-refractivity contribution in [3.8, 4) is 17.2 Å². The van der Waals surface area contributed by atoms with E-state index >= 15 is 0 Å². The second-order valence-electron chi connectivity index (χ2n) is 6.65. The van der Waals surface area contributed by atoms with Crippen LogP contribution in [-0.2, 0) is 14.4 Å². The van der Waals surface area contributed by atoms with Gasteiger partial charge in [-0.05, 0) is 18.2 Å². The molecule has 1 fully saturated rings. The van der Waals surface area contributed by atoms with Crippen LogP contribution in [0.2, 0.25) is 0 Å². The first-order valence-electron chi connectivity index (χ1n) is 9.08. The zero-order valence-electron chi connectivity index (χ0n) is 16.7. The molecular weight excluding hydrogens is 410 g/mol. The number of para-hydroxylation sites is 1. The number of nitro groups is 1. The number of imide groups is 1. The Balaban J connectivity index is 1.78. The van der Waals surface area contributed by atoms with Crippen LogP contribution < -0.4 is 19.1 Å². The molecule has 2 aliphatic heterocycles. The van der Waals surface area contributed by atoms with Crippen LogP contribution in [0.5, 0.6) is 17.2 Å². The van der Waals surface area contributed by atoms with E-state index < -0.39 is 28.8 Å². The van der Waals surface area contributed by atoms with Gasteiger partial charge < -0.3 is 19.0 Å². The minimum Gasteiger partial charge on any atom is -0.495 e. The Labute approximate surface area is 175 Å². The quantitative estimate of drug-likeness (QED) is 0.388. The molecule has 0 N–H and O–H groups in total. The molecule has 0 aromatic heterocycles. The normalized spacial score (nSPS) is 19.6. The van der Waals surface area contributed by atoms with E-state index in [9.17, 15) is 19.7 Å². The lowest BCUT2D eigenvalue weighted by molar-refractivity contribution is -0.384. The maximum Gasteiger partial charge on any atom is 0.279 e. The second kappa shape index (κ2) is 7.59. The van der Waals surface area contributed by atoms with Crippen molar-refractivity contribution in [1.82, 2.24) is 0 Å². The molecule has 0 aliphatic carbocycles. The average Bonchev–Trinajstić information content (AvgIpc) is 3.32. The molecule has 2 amide bonds. The molecule has 0 spiro atoms. The number of carbonyl (C=O) groups excluding carboxylic acids is 2. The Morgan fingerprint density at radius 3 is 2.42 bits per heavy atom. The molecule has 2 heterocycles. The molecule has 4 rings (SSSR count). The van der Waals surface area contributed by atoms with Gasteiger partial charge in [-0.2, -0.15) is 0 Å². The van der Waals surface area contributed by atoms with Gasteiger partial charge in [-0.1, -0.05) is 11.2 Å². The number of benzene rings is 2. The van der Waals surface area contributed by atoms with Crippen molar-refractivity contribution in [1.29, 1.82) is 0 Å². The predicted molar refractivity (Wildman–Crippen MR) is 107 cm³/mol. The van der Waals surface area contributed by atoms with Crippen LogP contribution >= 0.6 is 0 Å². The maximum atomic E-state index is 13.3. The lowest BCUT2D eigenvalue weighted by atomic mass is 9.93. The Morgan fingerprint density at radius 2 is 1.77 bits per heavy atom. The number of nitro benzene ring substituents is 1. The lowest BCUT2D eigenvalue weighted by Crippen LogP contribution is -2.33. The van der Waals surface area contributed by atoms with Crippen molar-refractivity contribution in [3.63, 3.8) is 0 Å². The van der Waals surface area contributed by atoms with E-state index in [4.69, 9.17) is 19.0 Å². The van der Waals surface area contributed by atoms with Gasteiger partial charge in [0.05, 0.1) is 26.3 Å². The summed E-state index contributed by atoms with van der Waals surface area (Å²) >= 11 is 0. The van der Waals surface area contributed by atoms with Crippen LogP contribution in [0.15, 0.2) is 41.6 Å². The van der Waals surface area contributed by atoms with Gasteiger partial charge in [-0.15, -0.1) is 0 Å². The number of hydrogen-bond donors (Lipinski definition) is 0. The summed E-state index contributed by atoms with van der Waals surface area (Å²) in [5.41, 5.74) is 0.300. The molecule has 160 valence electrons. The Kier molecular flexibility index (Phi) is 4.93. The highest BCUT2D eigenvalue weighted by molar-refractivity contribution is 6.33.